The molecular weight excluding hydrogens is 405 g/mol. The number of rotatable bonds is 10. The molecule has 98 valence electrons. The van der Waals surface area contributed by atoms with E-state index in [0.29, 0.717) is 0 Å². The van der Waals surface area contributed by atoms with Crippen LogP contribution in [0.5, 0.6) is 0 Å². The summed E-state index contributed by atoms with van der Waals surface area (Å²) < 4.78 is 6.06. The van der Waals surface area contributed by atoms with Gasteiger partial charge in [-0.15, -0.1) is 0 Å². The van der Waals surface area contributed by atoms with Crippen molar-refractivity contribution >= 4 is 5.97 Å². The van der Waals surface area contributed by atoms with E-state index in [9.17, 15) is 9.90 Å². The molecule has 0 N–H and O–H groups in total. The van der Waals surface area contributed by atoms with E-state index in [4.69, 9.17) is 4.74 Å². The van der Waals surface area contributed by atoms with Gasteiger partial charge in [0.2, 0.25) is 0 Å². The van der Waals surface area contributed by atoms with Gasteiger partial charge in [-0.05, 0) is 12.8 Å². The van der Waals surface area contributed by atoms with Gasteiger partial charge in [0.25, 0.3) is 0 Å². The number of hydrogen-bond acceptors (Lipinski definition) is 3. The Kier molecular flexibility index (Phi) is 21.7. The van der Waals surface area contributed by atoms with Crippen molar-refractivity contribution in [2.45, 2.75) is 62.2 Å². The van der Waals surface area contributed by atoms with Gasteiger partial charge in [-0.2, -0.15) is 0 Å². The van der Waals surface area contributed by atoms with Crippen molar-refractivity contribution < 1.29 is 40.8 Å². The Morgan fingerprint density at radius 1 is 1.12 bits per heavy atom. The Hall–Kier alpha value is 0.365. The summed E-state index contributed by atoms with van der Waals surface area (Å²) in [5.41, 5.74) is 0. The zero-order valence-electron chi connectivity index (χ0n) is 11.5. The van der Waals surface area contributed by atoms with Crippen LogP contribution in [0.25, 0.3) is 0 Å². The van der Waals surface area contributed by atoms with E-state index in [1.165, 1.54) is 36.0 Å². The van der Waals surface area contributed by atoms with E-state index in [2.05, 4.69) is 6.92 Å². The van der Waals surface area contributed by atoms with Gasteiger partial charge in [0.15, 0.2) is 0 Å². The second-order valence-corrected chi connectivity index (χ2v) is 6.84. The zero-order chi connectivity index (χ0) is 13.4. The van der Waals surface area contributed by atoms with Crippen LogP contribution in [0, 0.1) is 0 Å². The second-order valence-electron chi connectivity index (χ2n) is 4.09. The van der Waals surface area contributed by atoms with Crippen molar-refractivity contribution in [3.8, 4) is 0 Å². The summed E-state index contributed by atoms with van der Waals surface area (Å²) in [7, 11) is 1.74. The van der Waals surface area contributed by atoms with Crippen LogP contribution in [-0.2, 0) is 35.7 Å². The third kappa shape index (κ3) is 26.1. The number of aliphatic carboxylic acids is 1. The molecule has 0 heterocycles. The fraction of sp³-hybridized carbons (Fsp3) is 0.923. The molecule has 0 aliphatic heterocycles. The Bertz CT molecular complexity index is 150. The summed E-state index contributed by atoms with van der Waals surface area (Å²) in [6, 6.07) is 0. The van der Waals surface area contributed by atoms with Crippen LogP contribution in [0.15, 0.2) is 0 Å². The maximum absolute atomic E-state index is 10.0. The van der Waals surface area contributed by atoms with Crippen molar-refractivity contribution in [1.82, 2.24) is 0 Å². The zero-order valence-corrected chi connectivity index (χ0v) is 17.0. The summed E-state index contributed by atoms with van der Waals surface area (Å²) in [6.07, 6.45) is 8.34. The molecule has 0 aliphatic rings. The maximum atomic E-state index is 10.0. The summed E-state index contributed by atoms with van der Waals surface area (Å²) in [4.78, 5) is 10.0. The second kappa shape index (κ2) is 18.7. The number of unbranched alkanes of at least 4 members (excludes halogenated alkanes) is 6. The summed E-state index contributed by atoms with van der Waals surface area (Å²) in [5, 5.41) is 10.0. The molecule has 0 amide bonds. The monoisotopic (exact) mass is 432 g/mol. The fourth-order valence-corrected chi connectivity index (χ4v) is 2.49. The van der Waals surface area contributed by atoms with Crippen LogP contribution >= 0.6 is 0 Å². The van der Waals surface area contributed by atoms with Crippen LogP contribution < -0.4 is 5.11 Å². The molecule has 0 radical (unpaired) electrons. The first-order chi connectivity index (χ1) is 8.18. The normalized spacial score (nSPS) is 9.65. The van der Waals surface area contributed by atoms with E-state index in [0.717, 1.165) is 45.6 Å². The van der Waals surface area contributed by atoms with Crippen LogP contribution in [0.3, 0.4) is 0 Å². The minimum absolute atomic E-state index is 0.230. The van der Waals surface area contributed by atoms with Crippen molar-refractivity contribution in [2.75, 3.05) is 13.7 Å². The molecule has 0 saturated carbocycles. The molecule has 17 heavy (non-hydrogen) atoms. The Morgan fingerprint density at radius 2 is 1.65 bits per heavy atom. The SMILES string of the molecule is CCCCCCCCCC(=O)[O-].COC[CH2][Hg+]. The molecule has 0 aromatic rings. The van der Waals surface area contributed by atoms with Crippen molar-refractivity contribution in [2.24, 2.45) is 0 Å². The van der Waals surface area contributed by atoms with Crippen LogP contribution in [0.4, 0.5) is 0 Å². The minimum atomic E-state index is -0.913. The molecule has 0 aromatic heterocycles. The number of carboxylic acids is 1. The molecule has 0 aliphatic carbocycles. The van der Waals surface area contributed by atoms with Gasteiger partial charge < -0.3 is 9.90 Å². The summed E-state index contributed by atoms with van der Waals surface area (Å²) in [5.74, 6) is -0.913. The number of carbonyl (C=O) groups excluding carboxylic acids is 1. The molecule has 0 fully saturated rings. The third-order valence-electron chi connectivity index (χ3n) is 2.33. The predicted molar refractivity (Wildman–Crippen MR) is 64.3 cm³/mol. The molecule has 4 heteroatoms. The van der Waals surface area contributed by atoms with E-state index in [1.807, 2.05) is 0 Å². The molecule has 0 bridgehead atoms. The predicted octanol–water partition coefficient (Wildman–Crippen LogP) is 2.47. The third-order valence-corrected chi connectivity index (χ3v) is 3.46. The average Bonchev–Trinajstić information content (AvgIpc) is 2.29. The molecule has 0 atom stereocenters. The Balaban J connectivity index is 0. The average molecular weight is 431 g/mol. The van der Waals surface area contributed by atoms with Gasteiger partial charge in [-0.25, -0.2) is 0 Å². The number of carboxylic acid groups (broad SMARTS) is 1. The number of hydrogen-bond donors (Lipinski definition) is 0. The van der Waals surface area contributed by atoms with Gasteiger partial charge >= 0.3 is 48.5 Å². The first-order valence-corrected chi connectivity index (χ1v) is 10.6. The Morgan fingerprint density at radius 3 is 2.00 bits per heavy atom. The van der Waals surface area contributed by atoms with Gasteiger partial charge in [0, 0.05) is 5.97 Å². The quantitative estimate of drug-likeness (QED) is 0.395. The van der Waals surface area contributed by atoms with E-state index in [1.54, 1.807) is 7.11 Å². The van der Waals surface area contributed by atoms with Gasteiger partial charge in [0.1, 0.15) is 0 Å². The van der Waals surface area contributed by atoms with Crippen molar-refractivity contribution in [3.05, 3.63) is 0 Å². The summed E-state index contributed by atoms with van der Waals surface area (Å²) in [6.45, 7) is 3.17. The fourth-order valence-electron chi connectivity index (χ4n) is 1.37. The van der Waals surface area contributed by atoms with E-state index in [-0.39, 0.29) is 6.42 Å². The topological polar surface area (TPSA) is 49.4 Å². The van der Waals surface area contributed by atoms with Crippen LogP contribution in [-0.4, -0.2) is 19.7 Å². The van der Waals surface area contributed by atoms with Gasteiger partial charge in [0.05, 0.1) is 0 Å². The van der Waals surface area contributed by atoms with Crippen LogP contribution in [0.2, 0.25) is 3.93 Å². The Labute approximate surface area is 122 Å². The van der Waals surface area contributed by atoms with Crippen molar-refractivity contribution in [3.63, 3.8) is 0 Å². The molecular formula is C13H26HgO3. The van der Waals surface area contributed by atoms with Gasteiger partial charge in [-0.1, -0.05) is 45.4 Å². The molecule has 0 saturated heterocycles. The molecule has 0 aromatic carbocycles. The number of carbonyl (C=O) groups is 1. The molecule has 0 spiro atoms. The van der Waals surface area contributed by atoms with E-state index >= 15 is 0 Å². The molecule has 3 nitrogen and oxygen atoms in total. The van der Waals surface area contributed by atoms with Crippen LogP contribution in [0.1, 0.15) is 58.3 Å². The summed E-state index contributed by atoms with van der Waals surface area (Å²) >= 11 is 0.948. The first kappa shape index (κ1) is 19.7. The van der Waals surface area contributed by atoms with E-state index < -0.39 is 5.97 Å². The van der Waals surface area contributed by atoms with Crippen molar-refractivity contribution in [1.29, 1.82) is 0 Å². The molecule has 0 unspecified atom stereocenters. The first-order valence-electron chi connectivity index (χ1n) is 6.67. The van der Waals surface area contributed by atoms with Gasteiger partial charge in [-0.3, -0.25) is 0 Å². The molecule has 0 rings (SSSR count). The standard InChI is InChI=1S/C10H20O2.C3H7O.Hg/c1-2-3-4-5-6-7-8-9-10(11)12;1-3-4-2;/h2-9H2,1H3,(H,11,12);1,3H2,2H3;/q;;+1/p-1. The number of methoxy groups -OCH3 is 1. The number of ether oxygens (including phenoxy) is 1.